The molecule has 2 unspecified atom stereocenters. The SMILES string of the molecule is Cc1ccc(O)c(CN2CCCC(C3CCCN3)C2)n1. The topological polar surface area (TPSA) is 48.4 Å². The highest BCUT2D eigenvalue weighted by molar-refractivity contribution is 5.27. The standard InChI is InChI=1S/C16H25N3O/c1-12-6-7-16(20)15(18-12)11-19-9-3-4-13(10-19)14-5-2-8-17-14/h6-7,13-14,17,20H,2-5,8-11H2,1H3. The van der Waals surface area contributed by atoms with Crippen LogP contribution in [-0.4, -0.2) is 40.7 Å². The number of hydrogen-bond donors (Lipinski definition) is 2. The van der Waals surface area contributed by atoms with Gasteiger partial charge in [-0.2, -0.15) is 0 Å². The van der Waals surface area contributed by atoms with Gasteiger partial charge in [0.05, 0.1) is 5.69 Å². The van der Waals surface area contributed by atoms with E-state index < -0.39 is 0 Å². The van der Waals surface area contributed by atoms with Crippen molar-refractivity contribution in [3.05, 3.63) is 23.5 Å². The lowest BCUT2D eigenvalue weighted by Crippen LogP contribution is -2.43. The van der Waals surface area contributed by atoms with Gasteiger partial charge in [-0.1, -0.05) is 0 Å². The first-order chi connectivity index (χ1) is 9.72. The zero-order chi connectivity index (χ0) is 13.9. The molecule has 2 atom stereocenters. The third-order valence-electron chi connectivity index (χ3n) is 4.67. The summed E-state index contributed by atoms with van der Waals surface area (Å²) in [7, 11) is 0. The lowest BCUT2D eigenvalue weighted by Gasteiger charge is -2.35. The van der Waals surface area contributed by atoms with Crippen molar-refractivity contribution in [2.45, 2.75) is 45.2 Å². The third-order valence-corrected chi connectivity index (χ3v) is 4.67. The molecule has 0 amide bonds. The number of pyridine rings is 1. The van der Waals surface area contributed by atoms with Crippen molar-refractivity contribution in [1.82, 2.24) is 15.2 Å². The summed E-state index contributed by atoms with van der Waals surface area (Å²) >= 11 is 0. The van der Waals surface area contributed by atoms with E-state index in [0.29, 0.717) is 11.8 Å². The minimum absolute atomic E-state index is 0.330. The molecule has 1 aromatic heterocycles. The number of likely N-dealkylation sites (tertiary alicyclic amines) is 1. The maximum absolute atomic E-state index is 9.94. The van der Waals surface area contributed by atoms with Crippen molar-refractivity contribution in [1.29, 1.82) is 0 Å². The fraction of sp³-hybridized carbons (Fsp3) is 0.688. The Balaban J connectivity index is 1.63. The Hall–Kier alpha value is -1.13. The van der Waals surface area contributed by atoms with E-state index in [4.69, 9.17) is 0 Å². The lowest BCUT2D eigenvalue weighted by atomic mass is 9.89. The predicted molar refractivity (Wildman–Crippen MR) is 79.7 cm³/mol. The molecular formula is C16H25N3O. The molecular weight excluding hydrogens is 250 g/mol. The first-order valence-corrected chi connectivity index (χ1v) is 7.83. The van der Waals surface area contributed by atoms with Crippen LogP contribution in [0.1, 0.15) is 37.1 Å². The maximum Gasteiger partial charge on any atom is 0.138 e. The molecule has 0 aliphatic carbocycles. The normalized spacial score (nSPS) is 27.9. The van der Waals surface area contributed by atoms with E-state index in [2.05, 4.69) is 15.2 Å². The van der Waals surface area contributed by atoms with Gasteiger partial charge in [0.1, 0.15) is 5.75 Å². The Morgan fingerprint density at radius 2 is 2.25 bits per heavy atom. The molecule has 2 aliphatic rings. The second-order valence-corrected chi connectivity index (χ2v) is 6.26. The van der Waals surface area contributed by atoms with Gasteiger partial charge in [0, 0.05) is 24.8 Å². The molecule has 2 aliphatic heterocycles. The Labute approximate surface area is 121 Å². The van der Waals surface area contributed by atoms with Gasteiger partial charge in [-0.15, -0.1) is 0 Å². The quantitative estimate of drug-likeness (QED) is 0.886. The third kappa shape index (κ3) is 3.13. The Morgan fingerprint density at radius 3 is 3.05 bits per heavy atom. The number of hydrogen-bond acceptors (Lipinski definition) is 4. The van der Waals surface area contributed by atoms with E-state index in [1.165, 1.54) is 32.2 Å². The van der Waals surface area contributed by atoms with Crippen LogP contribution >= 0.6 is 0 Å². The van der Waals surface area contributed by atoms with Crippen molar-refractivity contribution in [3.63, 3.8) is 0 Å². The average molecular weight is 275 g/mol. The van der Waals surface area contributed by atoms with E-state index in [1.54, 1.807) is 6.07 Å². The number of aromatic nitrogens is 1. The van der Waals surface area contributed by atoms with Crippen LogP contribution in [0, 0.1) is 12.8 Å². The lowest BCUT2D eigenvalue weighted by molar-refractivity contribution is 0.143. The number of aromatic hydroxyl groups is 1. The van der Waals surface area contributed by atoms with E-state index >= 15 is 0 Å². The second-order valence-electron chi connectivity index (χ2n) is 6.26. The summed E-state index contributed by atoms with van der Waals surface area (Å²) in [5, 5.41) is 13.6. The minimum Gasteiger partial charge on any atom is -0.506 e. The van der Waals surface area contributed by atoms with E-state index in [0.717, 1.165) is 36.9 Å². The van der Waals surface area contributed by atoms with Gasteiger partial charge in [-0.05, 0) is 63.7 Å². The van der Waals surface area contributed by atoms with Crippen LogP contribution < -0.4 is 5.32 Å². The Bertz CT molecular complexity index is 457. The fourth-order valence-electron chi connectivity index (χ4n) is 3.61. The number of aryl methyl sites for hydroxylation is 1. The highest BCUT2D eigenvalue weighted by Crippen LogP contribution is 2.26. The van der Waals surface area contributed by atoms with E-state index in [1.807, 2.05) is 13.0 Å². The van der Waals surface area contributed by atoms with Crippen molar-refractivity contribution >= 4 is 0 Å². The number of nitrogens with one attached hydrogen (secondary N) is 1. The average Bonchev–Trinajstić information content (AvgIpc) is 2.97. The molecule has 0 aromatic carbocycles. The molecule has 2 saturated heterocycles. The molecule has 0 spiro atoms. The number of rotatable bonds is 3. The molecule has 3 heterocycles. The van der Waals surface area contributed by atoms with Crippen molar-refractivity contribution in [3.8, 4) is 5.75 Å². The number of nitrogens with zero attached hydrogens (tertiary/aromatic N) is 2. The molecule has 0 radical (unpaired) electrons. The van der Waals surface area contributed by atoms with Crippen LogP contribution in [-0.2, 0) is 6.54 Å². The summed E-state index contributed by atoms with van der Waals surface area (Å²) in [5.41, 5.74) is 1.80. The largest absolute Gasteiger partial charge is 0.506 e. The molecule has 110 valence electrons. The minimum atomic E-state index is 0.330. The summed E-state index contributed by atoms with van der Waals surface area (Å²) < 4.78 is 0. The fourth-order valence-corrected chi connectivity index (χ4v) is 3.61. The zero-order valence-electron chi connectivity index (χ0n) is 12.3. The van der Waals surface area contributed by atoms with Gasteiger partial charge in [-0.25, -0.2) is 0 Å². The second kappa shape index (κ2) is 6.10. The van der Waals surface area contributed by atoms with Gasteiger partial charge < -0.3 is 10.4 Å². The predicted octanol–water partition coefficient (Wildman–Crippen LogP) is 2.06. The zero-order valence-corrected chi connectivity index (χ0v) is 12.3. The first-order valence-electron chi connectivity index (χ1n) is 7.83. The molecule has 0 bridgehead atoms. The van der Waals surface area contributed by atoms with Crippen LogP contribution in [0.15, 0.2) is 12.1 Å². The molecule has 0 saturated carbocycles. The van der Waals surface area contributed by atoms with E-state index in [9.17, 15) is 5.11 Å². The van der Waals surface area contributed by atoms with Crippen LogP contribution in [0.5, 0.6) is 5.75 Å². The van der Waals surface area contributed by atoms with Crippen LogP contribution in [0.3, 0.4) is 0 Å². The molecule has 4 heteroatoms. The van der Waals surface area contributed by atoms with Gasteiger partial charge in [0.25, 0.3) is 0 Å². The number of piperidine rings is 1. The molecule has 1 aromatic rings. The van der Waals surface area contributed by atoms with Gasteiger partial charge >= 0.3 is 0 Å². The molecule has 2 fully saturated rings. The highest BCUT2D eigenvalue weighted by Gasteiger charge is 2.29. The Kier molecular flexibility index (Phi) is 4.22. The summed E-state index contributed by atoms with van der Waals surface area (Å²) in [4.78, 5) is 6.94. The first kappa shape index (κ1) is 13.8. The van der Waals surface area contributed by atoms with Crippen molar-refractivity contribution in [2.24, 2.45) is 5.92 Å². The van der Waals surface area contributed by atoms with Crippen molar-refractivity contribution < 1.29 is 5.11 Å². The smallest absolute Gasteiger partial charge is 0.138 e. The van der Waals surface area contributed by atoms with Crippen molar-refractivity contribution in [2.75, 3.05) is 19.6 Å². The summed E-state index contributed by atoms with van der Waals surface area (Å²) in [6.45, 7) is 6.19. The summed E-state index contributed by atoms with van der Waals surface area (Å²) in [6, 6.07) is 4.33. The summed E-state index contributed by atoms with van der Waals surface area (Å²) in [5.74, 6) is 1.09. The van der Waals surface area contributed by atoms with Gasteiger partial charge in [-0.3, -0.25) is 9.88 Å². The molecule has 3 rings (SSSR count). The maximum atomic E-state index is 9.94. The monoisotopic (exact) mass is 275 g/mol. The van der Waals surface area contributed by atoms with Crippen LogP contribution in [0.25, 0.3) is 0 Å². The highest BCUT2D eigenvalue weighted by atomic mass is 16.3. The molecule has 2 N–H and O–H groups in total. The van der Waals surface area contributed by atoms with Gasteiger partial charge in [0.15, 0.2) is 0 Å². The van der Waals surface area contributed by atoms with Crippen LogP contribution in [0.2, 0.25) is 0 Å². The van der Waals surface area contributed by atoms with Gasteiger partial charge in [0.2, 0.25) is 0 Å². The molecule has 20 heavy (non-hydrogen) atoms. The van der Waals surface area contributed by atoms with E-state index in [-0.39, 0.29) is 0 Å². The Morgan fingerprint density at radius 1 is 1.35 bits per heavy atom. The summed E-state index contributed by atoms with van der Waals surface area (Å²) in [6.07, 6.45) is 5.24. The van der Waals surface area contributed by atoms with Crippen LogP contribution in [0.4, 0.5) is 0 Å². The molecule has 4 nitrogen and oxygen atoms in total.